The van der Waals surface area contributed by atoms with Crippen LogP contribution in [-0.2, 0) is 0 Å². The number of nitrogens with one attached hydrogen (secondary N) is 1. The minimum atomic E-state index is -4.09. The molecule has 1 atom stereocenters. The van der Waals surface area contributed by atoms with E-state index >= 15 is 0 Å². The fraction of sp³-hybridized carbons (Fsp3) is 1.00. The van der Waals surface area contributed by atoms with Crippen LogP contribution < -0.4 is 5.32 Å². The third-order valence-electron chi connectivity index (χ3n) is 2.24. The Kier molecular flexibility index (Phi) is 5.96. The zero-order valence-corrected chi connectivity index (χ0v) is 10.2. The largest absolute Gasteiger partial charge is 0.390 e. The lowest BCUT2D eigenvalue weighted by Crippen LogP contribution is -2.42. The summed E-state index contributed by atoms with van der Waals surface area (Å²) in [6, 6.07) is 0.0253. The van der Waals surface area contributed by atoms with Gasteiger partial charge >= 0.3 is 6.18 Å². The molecule has 0 spiro atoms. The van der Waals surface area contributed by atoms with Crippen LogP contribution in [0.4, 0.5) is 13.2 Å². The summed E-state index contributed by atoms with van der Waals surface area (Å²) in [4.78, 5) is 0. The monoisotopic (exact) mass is 245 g/mol. The number of alkyl halides is 4. The van der Waals surface area contributed by atoms with Crippen molar-refractivity contribution in [3.8, 4) is 0 Å². The van der Waals surface area contributed by atoms with E-state index in [4.69, 9.17) is 11.6 Å². The van der Waals surface area contributed by atoms with E-state index in [1.165, 1.54) is 0 Å². The van der Waals surface area contributed by atoms with Gasteiger partial charge < -0.3 is 5.32 Å². The maximum atomic E-state index is 11.9. The van der Waals surface area contributed by atoms with E-state index in [1.54, 1.807) is 0 Å². The summed E-state index contributed by atoms with van der Waals surface area (Å²) < 4.78 is 35.8. The maximum Gasteiger partial charge on any atom is 0.390 e. The van der Waals surface area contributed by atoms with Gasteiger partial charge in [-0.15, -0.1) is 11.6 Å². The molecule has 0 aromatic rings. The third-order valence-corrected chi connectivity index (χ3v) is 2.46. The van der Waals surface area contributed by atoms with Gasteiger partial charge in [0.2, 0.25) is 0 Å². The molecule has 0 heterocycles. The Labute approximate surface area is 94.4 Å². The van der Waals surface area contributed by atoms with Crippen molar-refractivity contribution in [1.29, 1.82) is 0 Å². The standard InChI is InChI=1S/C10H19ClF3N/c1-9(2,3)8(4-6-11)15-7-5-10(12,13)14/h8,15H,4-7H2,1-3H3. The quantitative estimate of drug-likeness (QED) is 0.730. The van der Waals surface area contributed by atoms with Crippen molar-refractivity contribution in [3.63, 3.8) is 0 Å². The van der Waals surface area contributed by atoms with Gasteiger partial charge in [-0.2, -0.15) is 13.2 Å². The summed E-state index contributed by atoms with van der Waals surface area (Å²) in [5.41, 5.74) is -0.0690. The number of rotatable bonds is 5. The molecular weight excluding hydrogens is 227 g/mol. The normalized spacial score (nSPS) is 15.4. The summed E-state index contributed by atoms with van der Waals surface area (Å²) >= 11 is 5.61. The first-order valence-corrected chi connectivity index (χ1v) is 5.56. The molecule has 1 nitrogen and oxygen atoms in total. The van der Waals surface area contributed by atoms with Crippen molar-refractivity contribution < 1.29 is 13.2 Å². The first-order valence-electron chi connectivity index (χ1n) is 5.03. The second-order valence-corrected chi connectivity index (χ2v) is 5.09. The van der Waals surface area contributed by atoms with Gasteiger partial charge in [0.25, 0.3) is 0 Å². The Morgan fingerprint density at radius 2 is 1.73 bits per heavy atom. The zero-order valence-electron chi connectivity index (χ0n) is 9.42. The first kappa shape index (κ1) is 15.0. The molecule has 5 heteroatoms. The van der Waals surface area contributed by atoms with Crippen molar-refractivity contribution >= 4 is 11.6 Å². The molecule has 0 bridgehead atoms. The van der Waals surface area contributed by atoms with Crippen LogP contribution in [0.15, 0.2) is 0 Å². The van der Waals surface area contributed by atoms with Crippen LogP contribution in [0.5, 0.6) is 0 Å². The van der Waals surface area contributed by atoms with E-state index in [0.29, 0.717) is 12.3 Å². The molecule has 0 aromatic carbocycles. The summed E-state index contributed by atoms with van der Waals surface area (Å²) in [5.74, 6) is 0.459. The van der Waals surface area contributed by atoms with Crippen LogP contribution in [0, 0.1) is 5.41 Å². The smallest absolute Gasteiger partial charge is 0.313 e. The van der Waals surface area contributed by atoms with E-state index in [1.807, 2.05) is 20.8 Å². The Balaban J connectivity index is 3.98. The van der Waals surface area contributed by atoms with Gasteiger partial charge in [-0.05, 0) is 11.8 Å². The Morgan fingerprint density at radius 1 is 1.20 bits per heavy atom. The van der Waals surface area contributed by atoms with Gasteiger partial charge in [-0.3, -0.25) is 0 Å². The summed E-state index contributed by atoms with van der Waals surface area (Å²) in [5, 5.41) is 2.91. The molecule has 0 aliphatic heterocycles. The molecule has 0 saturated carbocycles. The first-order chi connectivity index (χ1) is 6.67. The summed E-state index contributed by atoms with van der Waals surface area (Å²) in [6.45, 7) is 5.93. The van der Waals surface area contributed by atoms with Gasteiger partial charge in [0.15, 0.2) is 0 Å². The van der Waals surface area contributed by atoms with Gasteiger partial charge in [0, 0.05) is 18.5 Å². The second-order valence-electron chi connectivity index (χ2n) is 4.72. The average molecular weight is 246 g/mol. The minimum Gasteiger partial charge on any atom is -0.313 e. The molecule has 0 aromatic heterocycles. The van der Waals surface area contributed by atoms with E-state index in [9.17, 15) is 13.2 Å². The molecular formula is C10H19ClF3N. The molecule has 0 saturated heterocycles. The molecule has 15 heavy (non-hydrogen) atoms. The summed E-state index contributed by atoms with van der Waals surface area (Å²) in [7, 11) is 0. The SMILES string of the molecule is CC(C)(C)C(CCCl)NCCC(F)(F)F. The highest BCUT2D eigenvalue weighted by molar-refractivity contribution is 6.17. The van der Waals surface area contributed by atoms with Gasteiger partial charge in [0.05, 0.1) is 6.42 Å². The number of hydrogen-bond donors (Lipinski definition) is 1. The van der Waals surface area contributed by atoms with Crippen molar-refractivity contribution in [2.24, 2.45) is 5.41 Å². The van der Waals surface area contributed by atoms with Crippen molar-refractivity contribution in [2.45, 2.75) is 45.8 Å². The molecule has 0 aliphatic carbocycles. The van der Waals surface area contributed by atoms with Crippen LogP contribution in [0.1, 0.15) is 33.6 Å². The predicted molar refractivity (Wildman–Crippen MR) is 57.3 cm³/mol. The third kappa shape index (κ3) is 7.91. The maximum absolute atomic E-state index is 11.9. The van der Waals surface area contributed by atoms with E-state index in [0.717, 1.165) is 0 Å². The molecule has 0 rings (SSSR count). The molecule has 1 N–H and O–H groups in total. The van der Waals surface area contributed by atoms with Crippen molar-refractivity contribution in [2.75, 3.05) is 12.4 Å². The molecule has 1 unspecified atom stereocenters. The van der Waals surface area contributed by atoms with Crippen LogP contribution in [0.2, 0.25) is 0 Å². The fourth-order valence-corrected chi connectivity index (χ4v) is 1.56. The number of halogens is 4. The van der Waals surface area contributed by atoms with Crippen molar-refractivity contribution in [1.82, 2.24) is 5.32 Å². The van der Waals surface area contributed by atoms with E-state index in [2.05, 4.69) is 5.32 Å². The Hall–Kier alpha value is 0.0400. The molecule has 0 aliphatic rings. The molecule has 0 fully saturated rings. The van der Waals surface area contributed by atoms with Crippen molar-refractivity contribution in [3.05, 3.63) is 0 Å². The van der Waals surface area contributed by atoms with Crippen LogP contribution in [0.25, 0.3) is 0 Å². The van der Waals surface area contributed by atoms with Crippen LogP contribution in [0.3, 0.4) is 0 Å². The number of hydrogen-bond acceptors (Lipinski definition) is 1. The highest BCUT2D eigenvalue weighted by Crippen LogP contribution is 2.23. The van der Waals surface area contributed by atoms with Crippen LogP contribution in [-0.4, -0.2) is 24.6 Å². The van der Waals surface area contributed by atoms with Gasteiger partial charge in [0.1, 0.15) is 0 Å². The molecule has 0 amide bonds. The highest BCUT2D eigenvalue weighted by Gasteiger charge is 2.28. The highest BCUT2D eigenvalue weighted by atomic mass is 35.5. The lowest BCUT2D eigenvalue weighted by molar-refractivity contribution is -0.134. The topological polar surface area (TPSA) is 12.0 Å². The predicted octanol–water partition coefficient (Wildman–Crippen LogP) is 3.57. The minimum absolute atomic E-state index is 0.0253. The lowest BCUT2D eigenvalue weighted by Gasteiger charge is -2.31. The summed E-state index contributed by atoms with van der Waals surface area (Å²) in [6.07, 6.45) is -4.19. The molecule has 92 valence electrons. The molecule has 0 radical (unpaired) electrons. The van der Waals surface area contributed by atoms with Gasteiger partial charge in [-0.25, -0.2) is 0 Å². The lowest BCUT2D eigenvalue weighted by atomic mass is 9.85. The van der Waals surface area contributed by atoms with Gasteiger partial charge in [-0.1, -0.05) is 20.8 Å². The fourth-order valence-electron chi connectivity index (χ4n) is 1.34. The average Bonchev–Trinajstić information content (AvgIpc) is 1.98. The van der Waals surface area contributed by atoms with E-state index < -0.39 is 12.6 Å². The van der Waals surface area contributed by atoms with E-state index in [-0.39, 0.29) is 18.0 Å². The zero-order chi connectivity index (χ0) is 12.1. The second kappa shape index (κ2) is 5.94. The van der Waals surface area contributed by atoms with Crippen LogP contribution >= 0.6 is 11.6 Å². The Bertz CT molecular complexity index is 174. The Morgan fingerprint density at radius 3 is 2.07 bits per heavy atom.